The van der Waals surface area contributed by atoms with Gasteiger partial charge in [0, 0.05) is 24.0 Å². The third-order valence-electron chi connectivity index (χ3n) is 5.79. The molecule has 1 atom stereocenters. The highest BCUT2D eigenvalue weighted by Crippen LogP contribution is 2.39. The fourth-order valence-electron chi connectivity index (χ4n) is 4.08. The number of aromatic nitrogens is 1. The summed E-state index contributed by atoms with van der Waals surface area (Å²) in [4.78, 5) is 22.5. The number of thiazole rings is 1. The number of aryl methyl sites for hydroxylation is 1. The molecule has 6 heteroatoms. The van der Waals surface area contributed by atoms with Gasteiger partial charge >= 0.3 is 0 Å². The summed E-state index contributed by atoms with van der Waals surface area (Å²) >= 11 is 1.56. The Bertz CT molecular complexity index is 1030. The zero-order chi connectivity index (χ0) is 21.8. The predicted octanol–water partition coefficient (Wildman–Crippen LogP) is 5.67. The lowest BCUT2D eigenvalue weighted by molar-refractivity contribution is -0.131. The van der Waals surface area contributed by atoms with Crippen LogP contribution in [0.5, 0.6) is 5.75 Å². The predicted molar refractivity (Wildman–Crippen MR) is 127 cm³/mol. The van der Waals surface area contributed by atoms with Crippen molar-refractivity contribution in [3.05, 3.63) is 59.5 Å². The Morgan fingerprint density at radius 1 is 1.16 bits per heavy atom. The SMILES string of the molecule is CC[C@@H](C(=O)N1CCCC1)N(c1nc(-c2ccc(C)cc2)cs1)c1ccccc1OC. The van der Waals surface area contributed by atoms with Crippen molar-refractivity contribution in [2.24, 2.45) is 0 Å². The number of benzene rings is 2. The molecule has 0 saturated carbocycles. The van der Waals surface area contributed by atoms with Crippen LogP contribution < -0.4 is 9.64 Å². The van der Waals surface area contributed by atoms with Crippen molar-refractivity contribution in [1.82, 2.24) is 9.88 Å². The zero-order valence-corrected chi connectivity index (χ0v) is 19.2. The first kappa shape index (κ1) is 21.4. The fraction of sp³-hybridized carbons (Fsp3) is 0.360. The van der Waals surface area contributed by atoms with E-state index in [9.17, 15) is 4.79 Å². The Kier molecular flexibility index (Phi) is 6.56. The Labute approximate surface area is 188 Å². The third kappa shape index (κ3) is 4.44. The molecule has 0 unspecified atom stereocenters. The quantitative estimate of drug-likeness (QED) is 0.480. The van der Waals surface area contributed by atoms with Crippen LogP contribution in [-0.4, -0.2) is 42.0 Å². The van der Waals surface area contributed by atoms with E-state index in [0.717, 1.165) is 53.8 Å². The first-order valence-corrected chi connectivity index (χ1v) is 11.7. The van der Waals surface area contributed by atoms with Crippen LogP contribution in [0.1, 0.15) is 31.7 Å². The average molecular weight is 436 g/mol. The van der Waals surface area contributed by atoms with Crippen LogP contribution in [0.2, 0.25) is 0 Å². The number of carbonyl (C=O) groups excluding carboxylic acids is 1. The van der Waals surface area contributed by atoms with E-state index in [1.807, 2.05) is 29.2 Å². The van der Waals surface area contributed by atoms with Crippen molar-refractivity contribution in [2.45, 2.75) is 39.2 Å². The number of hydrogen-bond donors (Lipinski definition) is 0. The molecule has 0 bridgehead atoms. The monoisotopic (exact) mass is 435 g/mol. The van der Waals surface area contributed by atoms with E-state index in [2.05, 4.69) is 48.4 Å². The van der Waals surface area contributed by atoms with Gasteiger partial charge in [-0.15, -0.1) is 11.3 Å². The first-order valence-electron chi connectivity index (χ1n) is 10.9. The van der Waals surface area contributed by atoms with Gasteiger partial charge in [-0.1, -0.05) is 48.9 Å². The van der Waals surface area contributed by atoms with Gasteiger partial charge in [-0.25, -0.2) is 4.98 Å². The molecule has 2 aromatic carbocycles. The molecule has 0 spiro atoms. The summed E-state index contributed by atoms with van der Waals surface area (Å²) < 4.78 is 5.66. The summed E-state index contributed by atoms with van der Waals surface area (Å²) in [5.74, 6) is 0.903. The van der Waals surface area contributed by atoms with Crippen molar-refractivity contribution >= 4 is 28.1 Å². The Balaban J connectivity index is 1.77. The number of rotatable bonds is 7. The molecule has 162 valence electrons. The minimum atomic E-state index is -0.327. The normalized spacial score (nSPS) is 14.5. The summed E-state index contributed by atoms with van der Waals surface area (Å²) in [6, 6.07) is 15.9. The van der Waals surface area contributed by atoms with Gasteiger partial charge in [-0.2, -0.15) is 0 Å². The molecule has 1 fully saturated rings. The molecule has 0 radical (unpaired) electrons. The van der Waals surface area contributed by atoms with E-state index in [1.165, 1.54) is 5.56 Å². The van der Waals surface area contributed by atoms with Crippen molar-refractivity contribution in [1.29, 1.82) is 0 Å². The summed E-state index contributed by atoms with van der Waals surface area (Å²) in [6.07, 6.45) is 2.84. The molecule has 0 aliphatic carbocycles. The number of ether oxygens (including phenoxy) is 1. The molecular weight excluding hydrogens is 406 g/mol. The van der Waals surface area contributed by atoms with Crippen LogP contribution in [0.25, 0.3) is 11.3 Å². The summed E-state index contributed by atoms with van der Waals surface area (Å²) in [6.45, 7) is 5.81. The maximum Gasteiger partial charge on any atom is 0.245 e. The standard InChI is InChI=1S/C25H29N3O2S/c1-4-21(24(29)27-15-7-8-16-27)28(22-9-5-6-10-23(22)30-3)25-26-20(17-31-25)19-13-11-18(2)12-14-19/h5-6,9-14,17,21H,4,7-8,15-16H2,1-3H3/t21-/m0/s1. The van der Waals surface area contributed by atoms with Crippen molar-refractivity contribution in [3.63, 3.8) is 0 Å². The smallest absolute Gasteiger partial charge is 0.245 e. The van der Waals surface area contributed by atoms with Gasteiger partial charge in [0.25, 0.3) is 0 Å². The lowest BCUT2D eigenvalue weighted by atomic mass is 10.1. The first-order chi connectivity index (χ1) is 15.1. The van der Waals surface area contributed by atoms with Gasteiger partial charge in [-0.3, -0.25) is 4.79 Å². The van der Waals surface area contributed by atoms with Crippen LogP contribution in [-0.2, 0) is 4.79 Å². The van der Waals surface area contributed by atoms with Gasteiger partial charge in [0.15, 0.2) is 5.13 Å². The summed E-state index contributed by atoms with van der Waals surface area (Å²) in [5, 5.41) is 2.87. The van der Waals surface area contributed by atoms with Gasteiger partial charge < -0.3 is 14.5 Å². The molecule has 1 aliphatic rings. The highest BCUT2D eigenvalue weighted by Gasteiger charge is 2.34. The maximum absolute atomic E-state index is 13.5. The topological polar surface area (TPSA) is 45.7 Å². The Morgan fingerprint density at radius 2 is 1.87 bits per heavy atom. The summed E-state index contributed by atoms with van der Waals surface area (Å²) in [5.41, 5.74) is 4.08. The molecule has 5 nitrogen and oxygen atoms in total. The molecule has 4 rings (SSSR count). The van der Waals surface area contributed by atoms with Crippen LogP contribution in [0.4, 0.5) is 10.8 Å². The number of anilines is 2. The van der Waals surface area contributed by atoms with Crippen molar-refractivity contribution in [2.75, 3.05) is 25.1 Å². The number of nitrogens with zero attached hydrogens (tertiary/aromatic N) is 3. The maximum atomic E-state index is 13.5. The molecule has 1 saturated heterocycles. The van der Waals surface area contributed by atoms with Crippen LogP contribution in [0.15, 0.2) is 53.9 Å². The number of hydrogen-bond acceptors (Lipinski definition) is 5. The van der Waals surface area contributed by atoms with Gasteiger partial charge in [0.2, 0.25) is 5.91 Å². The van der Waals surface area contributed by atoms with Gasteiger partial charge in [-0.05, 0) is 38.3 Å². The fourth-order valence-corrected chi connectivity index (χ4v) is 4.98. The Morgan fingerprint density at radius 3 is 2.55 bits per heavy atom. The van der Waals surface area contributed by atoms with Crippen molar-refractivity contribution < 1.29 is 9.53 Å². The van der Waals surface area contributed by atoms with E-state index < -0.39 is 0 Å². The van der Waals surface area contributed by atoms with E-state index in [1.54, 1.807) is 18.4 Å². The second-order valence-electron chi connectivity index (χ2n) is 7.88. The van der Waals surface area contributed by atoms with E-state index >= 15 is 0 Å². The highest BCUT2D eigenvalue weighted by molar-refractivity contribution is 7.14. The van der Waals surface area contributed by atoms with Crippen LogP contribution >= 0.6 is 11.3 Å². The molecule has 1 aliphatic heterocycles. The third-order valence-corrected chi connectivity index (χ3v) is 6.63. The number of amides is 1. The minimum Gasteiger partial charge on any atom is -0.495 e. The number of methoxy groups -OCH3 is 1. The van der Waals surface area contributed by atoms with E-state index in [0.29, 0.717) is 6.42 Å². The Hall–Kier alpha value is -2.86. The lowest BCUT2D eigenvalue weighted by Gasteiger charge is -2.33. The number of likely N-dealkylation sites (tertiary alicyclic amines) is 1. The van der Waals surface area contributed by atoms with Crippen LogP contribution in [0, 0.1) is 6.92 Å². The number of carbonyl (C=O) groups is 1. The second kappa shape index (κ2) is 9.52. The average Bonchev–Trinajstić information content (AvgIpc) is 3.50. The molecule has 3 aromatic rings. The zero-order valence-electron chi connectivity index (χ0n) is 18.4. The highest BCUT2D eigenvalue weighted by atomic mass is 32.1. The summed E-state index contributed by atoms with van der Waals surface area (Å²) in [7, 11) is 1.67. The second-order valence-corrected chi connectivity index (χ2v) is 8.72. The lowest BCUT2D eigenvalue weighted by Crippen LogP contribution is -2.46. The van der Waals surface area contributed by atoms with E-state index in [-0.39, 0.29) is 11.9 Å². The van der Waals surface area contributed by atoms with E-state index in [4.69, 9.17) is 9.72 Å². The van der Waals surface area contributed by atoms with Crippen LogP contribution in [0.3, 0.4) is 0 Å². The molecule has 2 heterocycles. The molecular formula is C25H29N3O2S. The van der Waals surface area contributed by atoms with Gasteiger partial charge in [0.1, 0.15) is 11.8 Å². The molecule has 1 amide bonds. The molecule has 31 heavy (non-hydrogen) atoms. The number of para-hydroxylation sites is 2. The molecule has 1 aromatic heterocycles. The van der Waals surface area contributed by atoms with Gasteiger partial charge in [0.05, 0.1) is 18.5 Å². The molecule has 0 N–H and O–H groups in total. The van der Waals surface area contributed by atoms with Crippen molar-refractivity contribution in [3.8, 4) is 17.0 Å². The largest absolute Gasteiger partial charge is 0.495 e. The minimum absolute atomic E-state index is 0.165.